The van der Waals surface area contributed by atoms with Crippen molar-refractivity contribution in [2.24, 2.45) is 5.41 Å². The summed E-state index contributed by atoms with van der Waals surface area (Å²) in [5.74, 6) is 0.213. The number of Topliss-reactive ketones (excluding diaryl/α,β-unsaturated/α-hetero) is 1. The first kappa shape index (κ1) is 13.6. The molecule has 0 amide bonds. The van der Waals surface area contributed by atoms with E-state index in [0.717, 1.165) is 13.1 Å². The lowest BCUT2D eigenvalue weighted by Crippen LogP contribution is -2.38. The third-order valence-corrected chi connectivity index (χ3v) is 1.76. The Kier molecular flexibility index (Phi) is 5.96. The van der Waals surface area contributed by atoms with Gasteiger partial charge in [-0.25, -0.2) is 0 Å². The molecule has 0 aromatic carbocycles. The highest BCUT2D eigenvalue weighted by Crippen LogP contribution is 2.14. The number of carbonyl (C=O) groups is 1. The zero-order chi connectivity index (χ0) is 11.2. The minimum Gasteiger partial charge on any atom is -0.383 e. The van der Waals surface area contributed by atoms with E-state index >= 15 is 0 Å². The molecule has 0 bridgehead atoms. The summed E-state index contributed by atoms with van der Waals surface area (Å²) in [4.78, 5) is 13.2. The Morgan fingerprint density at radius 1 is 1.36 bits per heavy atom. The molecule has 0 rings (SSSR count). The minimum absolute atomic E-state index is 0.213. The fraction of sp³-hybridized carbons (Fsp3) is 0.909. The molecule has 3 heteroatoms. The van der Waals surface area contributed by atoms with Crippen LogP contribution in [0.3, 0.4) is 0 Å². The molecule has 0 radical (unpaired) electrons. The molecule has 0 saturated carbocycles. The van der Waals surface area contributed by atoms with Gasteiger partial charge in [0.15, 0.2) is 0 Å². The number of carbonyl (C=O) groups excluding carboxylic acids is 1. The molecule has 0 aliphatic rings. The van der Waals surface area contributed by atoms with Crippen LogP contribution >= 0.6 is 0 Å². The SMILES string of the molecule is COCCN(CC(C)=O)CC(C)(C)C. The summed E-state index contributed by atoms with van der Waals surface area (Å²) in [5, 5.41) is 0. The summed E-state index contributed by atoms with van der Waals surface area (Å²) in [5.41, 5.74) is 0.225. The van der Waals surface area contributed by atoms with Crippen molar-refractivity contribution in [3.8, 4) is 0 Å². The second-order valence-electron chi connectivity index (χ2n) is 4.97. The lowest BCUT2D eigenvalue weighted by molar-refractivity contribution is -0.118. The van der Waals surface area contributed by atoms with Crippen LogP contribution in [0.1, 0.15) is 27.7 Å². The van der Waals surface area contributed by atoms with Gasteiger partial charge in [0.25, 0.3) is 0 Å². The second kappa shape index (κ2) is 6.14. The number of ketones is 1. The third kappa shape index (κ3) is 8.20. The van der Waals surface area contributed by atoms with Gasteiger partial charge >= 0.3 is 0 Å². The molecule has 0 N–H and O–H groups in total. The van der Waals surface area contributed by atoms with E-state index < -0.39 is 0 Å². The predicted octanol–water partition coefficient (Wildman–Crippen LogP) is 1.57. The maximum atomic E-state index is 11.0. The monoisotopic (exact) mass is 201 g/mol. The lowest BCUT2D eigenvalue weighted by atomic mass is 9.96. The lowest BCUT2D eigenvalue weighted by Gasteiger charge is -2.28. The van der Waals surface area contributed by atoms with E-state index in [1.807, 2.05) is 0 Å². The maximum Gasteiger partial charge on any atom is 0.143 e. The Hall–Kier alpha value is -0.410. The predicted molar refractivity (Wildman–Crippen MR) is 58.5 cm³/mol. The Bertz CT molecular complexity index is 173. The van der Waals surface area contributed by atoms with Crippen molar-refractivity contribution in [1.82, 2.24) is 4.90 Å². The zero-order valence-corrected chi connectivity index (χ0v) is 10.1. The summed E-state index contributed by atoms with van der Waals surface area (Å²) in [7, 11) is 1.68. The van der Waals surface area contributed by atoms with Gasteiger partial charge < -0.3 is 4.74 Å². The van der Waals surface area contributed by atoms with Gasteiger partial charge in [0.05, 0.1) is 13.2 Å². The molecule has 0 fully saturated rings. The molecule has 0 aromatic heterocycles. The molecule has 0 saturated heterocycles. The number of nitrogens with zero attached hydrogens (tertiary/aromatic N) is 1. The summed E-state index contributed by atoms with van der Waals surface area (Å²) in [6, 6.07) is 0. The van der Waals surface area contributed by atoms with Gasteiger partial charge in [-0.2, -0.15) is 0 Å². The summed E-state index contributed by atoms with van der Waals surface area (Å²) in [6.45, 7) is 11.1. The Labute approximate surface area is 87.4 Å². The van der Waals surface area contributed by atoms with Gasteiger partial charge in [0.1, 0.15) is 5.78 Å². The number of methoxy groups -OCH3 is 1. The number of rotatable bonds is 6. The fourth-order valence-electron chi connectivity index (χ4n) is 1.42. The van der Waals surface area contributed by atoms with E-state index in [-0.39, 0.29) is 11.2 Å². The molecule has 0 atom stereocenters. The molecule has 84 valence electrons. The number of hydrogen-bond donors (Lipinski definition) is 0. The van der Waals surface area contributed by atoms with Crippen LogP contribution in [0, 0.1) is 5.41 Å². The van der Waals surface area contributed by atoms with E-state index in [2.05, 4.69) is 25.7 Å². The zero-order valence-electron chi connectivity index (χ0n) is 10.1. The number of hydrogen-bond acceptors (Lipinski definition) is 3. The summed E-state index contributed by atoms with van der Waals surface area (Å²) in [6.07, 6.45) is 0. The van der Waals surface area contributed by atoms with E-state index in [1.165, 1.54) is 0 Å². The Morgan fingerprint density at radius 2 is 1.93 bits per heavy atom. The average molecular weight is 201 g/mol. The van der Waals surface area contributed by atoms with Crippen LogP contribution in [-0.4, -0.2) is 44.0 Å². The molecule has 0 heterocycles. The summed E-state index contributed by atoms with van der Waals surface area (Å²) < 4.78 is 5.02. The van der Waals surface area contributed by atoms with Gasteiger partial charge in [0, 0.05) is 20.2 Å². The highest BCUT2D eigenvalue weighted by molar-refractivity contribution is 5.77. The molecule has 3 nitrogen and oxygen atoms in total. The molecule has 0 aliphatic carbocycles. The fourth-order valence-corrected chi connectivity index (χ4v) is 1.42. The smallest absolute Gasteiger partial charge is 0.143 e. The van der Waals surface area contributed by atoms with Crippen LogP contribution in [0.15, 0.2) is 0 Å². The van der Waals surface area contributed by atoms with Gasteiger partial charge in [-0.05, 0) is 12.3 Å². The standard InChI is InChI=1S/C11H23NO2/c1-10(13)8-12(6-7-14-5)9-11(2,3)4/h6-9H2,1-5H3. The Balaban J connectivity index is 4.03. The van der Waals surface area contributed by atoms with Crippen LogP contribution in [-0.2, 0) is 9.53 Å². The largest absolute Gasteiger partial charge is 0.383 e. The quantitative estimate of drug-likeness (QED) is 0.653. The van der Waals surface area contributed by atoms with Crippen LogP contribution in [0.2, 0.25) is 0 Å². The van der Waals surface area contributed by atoms with E-state index in [0.29, 0.717) is 13.2 Å². The maximum absolute atomic E-state index is 11.0. The molecule has 0 aromatic rings. The normalized spacial score (nSPS) is 12.1. The topological polar surface area (TPSA) is 29.5 Å². The highest BCUT2D eigenvalue weighted by Gasteiger charge is 2.16. The molecular weight excluding hydrogens is 178 g/mol. The summed E-state index contributed by atoms with van der Waals surface area (Å²) >= 11 is 0. The van der Waals surface area contributed by atoms with Crippen LogP contribution in [0.4, 0.5) is 0 Å². The van der Waals surface area contributed by atoms with Crippen molar-refractivity contribution >= 4 is 5.78 Å². The van der Waals surface area contributed by atoms with E-state index in [4.69, 9.17) is 4.74 Å². The minimum atomic E-state index is 0.213. The highest BCUT2D eigenvalue weighted by atomic mass is 16.5. The van der Waals surface area contributed by atoms with E-state index in [9.17, 15) is 4.79 Å². The first-order valence-electron chi connectivity index (χ1n) is 5.06. The molecule has 0 unspecified atom stereocenters. The van der Waals surface area contributed by atoms with Crippen LogP contribution in [0.5, 0.6) is 0 Å². The van der Waals surface area contributed by atoms with Crippen molar-refractivity contribution < 1.29 is 9.53 Å². The van der Waals surface area contributed by atoms with Crippen molar-refractivity contribution in [3.05, 3.63) is 0 Å². The average Bonchev–Trinajstić information content (AvgIpc) is 1.96. The van der Waals surface area contributed by atoms with E-state index in [1.54, 1.807) is 14.0 Å². The van der Waals surface area contributed by atoms with Crippen molar-refractivity contribution in [1.29, 1.82) is 0 Å². The van der Waals surface area contributed by atoms with Crippen LogP contribution in [0.25, 0.3) is 0 Å². The van der Waals surface area contributed by atoms with Crippen LogP contribution < -0.4 is 0 Å². The Morgan fingerprint density at radius 3 is 2.29 bits per heavy atom. The third-order valence-electron chi connectivity index (χ3n) is 1.76. The molecular formula is C11H23NO2. The van der Waals surface area contributed by atoms with Crippen molar-refractivity contribution in [2.75, 3.05) is 33.4 Å². The first-order chi connectivity index (χ1) is 6.35. The van der Waals surface area contributed by atoms with Gasteiger partial charge in [-0.1, -0.05) is 20.8 Å². The van der Waals surface area contributed by atoms with Crippen molar-refractivity contribution in [3.63, 3.8) is 0 Å². The van der Waals surface area contributed by atoms with Gasteiger partial charge in [-0.15, -0.1) is 0 Å². The number of ether oxygens (including phenoxy) is 1. The molecule has 0 spiro atoms. The second-order valence-corrected chi connectivity index (χ2v) is 4.97. The van der Waals surface area contributed by atoms with Crippen molar-refractivity contribution in [2.45, 2.75) is 27.7 Å². The molecule has 14 heavy (non-hydrogen) atoms. The van der Waals surface area contributed by atoms with Gasteiger partial charge in [-0.3, -0.25) is 9.69 Å². The molecule has 0 aliphatic heterocycles. The van der Waals surface area contributed by atoms with Gasteiger partial charge in [0.2, 0.25) is 0 Å². The first-order valence-corrected chi connectivity index (χ1v) is 5.06.